The molecule has 2 aliphatic rings. The summed E-state index contributed by atoms with van der Waals surface area (Å²) in [5, 5.41) is 12.1. The lowest BCUT2D eigenvalue weighted by atomic mass is 9.92. The SMILES string of the molecule is CC(NC(=O)C1CCCCCC1)(C(=O)O)C1CC1. The van der Waals surface area contributed by atoms with Gasteiger partial charge in [-0.2, -0.15) is 0 Å². The number of hydrogen-bond donors (Lipinski definition) is 2. The summed E-state index contributed by atoms with van der Waals surface area (Å²) >= 11 is 0. The average molecular weight is 253 g/mol. The van der Waals surface area contributed by atoms with E-state index in [0.717, 1.165) is 38.5 Å². The first kappa shape index (κ1) is 13.4. The molecule has 2 fully saturated rings. The van der Waals surface area contributed by atoms with E-state index in [4.69, 9.17) is 0 Å². The predicted octanol–water partition coefficient (Wildman–Crippen LogP) is 2.33. The molecule has 4 nitrogen and oxygen atoms in total. The van der Waals surface area contributed by atoms with Crippen molar-refractivity contribution < 1.29 is 14.7 Å². The lowest BCUT2D eigenvalue weighted by Gasteiger charge is -2.28. The molecule has 1 amide bonds. The van der Waals surface area contributed by atoms with E-state index in [1.54, 1.807) is 6.92 Å². The maximum atomic E-state index is 12.2. The van der Waals surface area contributed by atoms with Crippen LogP contribution in [0, 0.1) is 11.8 Å². The number of carboxylic acid groups (broad SMARTS) is 1. The van der Waals surface area contributed by atoms with Gasteiger partial charge in [0.25, 0.3) is 0 Å². The van der Waals surface area contributed by atoms with E-state index in [2.05, 4.69) is 5.32 Å². The third-order valence-corrected chi connectivity index (χ3v) is 4.45. The molecular formula is C14H23NO3. The van der Waals surface area contributed by atoms with E-state index in [1.165, 1.54) is 12.8 Å². The first-order valence-corrected chi connectivity index (χ1v) is 7.09. The van der Waals surface area contributed by atoms with Gasteiger partial charge in [-0.25, -0.2) is 4.79 Å². The maximum absolute atomic E-state index is 12.2. The first-order valence-electron chi connectivity index (χ1n) is 7.09. The molecule has 4 heteroatoms. The van der Waals surface area contributed by atoms with E-state index < -0.39 is 11.5 Å². The maximum Gasteiger partial charge on any atom is 0.329 e. The van der Waals surface area contributed by atoms with Crippen molar-refractivity contribution in [1.29, 1.82) is 0 Å². The highest BCUT2D eigenvalue weighted by Crippen LogP contribution is 2.40. The summed E-state index contributed by atoms with van der Waals surface area (Å²) in [6.45, 7) is 1.65. The van der Waals surface area contributed by atoms with Crippen LogP contribution in [0.4, 0.5) is 0 Å². The van der Waals surface area contributed by atoms with Gasteiger partial charge in [0, 0.05) is 5.92 Å². The predicted molar refractivity (Wildman–Crippen MR) is 68.1 cm³/mol. The molecule has 0 aromatic heterocycles. The van der Waals surface area contributed by atoms with E-state index in [-0.39, 0.29) is 17.7 Å². The van der Waals surface area contributed by atoms with Crippen LogP contribution >= 0.6 is 0 Å². The molecule has 2 N–H and O–H groups in total. The highest BCUT2D eigenvalue weighted by atomic mass is 16.4. The van der Waals surface area contributed by atoms with E-state index >= 15 is 0 Å². The summed E-state index contributed by atoms with van der Waals surface area (Å²) in [7, 11) is 0. The zero-order valence-corrected chi connectivity index (χ0v) is 11.1. The lowest BCUT2D eigenvalue weighted by molar-refractivity contribution is -0.148. The summed E-state index contributed by atoms with van der Waals surface area (Å²) in [5.74, 6) is -0.810. The van der Waals surface area contributed by atoms with Crippen LogP contribution in [0.15, 0.2) is 0 Å². The molecule has 18 heavy (non-hydrogen) atoms. The van der Waals surface area contributed by atoms with Crippen molar-refractivity contribution in [2.75, 3.05) is 0 Å². The molecule has 0 aliphatic heterocycles. The molecule has 0 spiro atoms. The minimum Gasteiger partial charge on any atom is -0.480 e. The minimum absolute atomic E-state index is 0.0184. The van der Waals surface area contributed by atoms with Gasteiger partial charge in [0.05, 0.1) is 0 Å². The van der Waals surface area contributed by atoms with E-state index in [0.29, 0.717) is 0 Å². The number of hydrogen-bond acceptors (Lipinski definition) is 2. The number of amides is 1. The third-order valence-electron chi connectivity index (χ3n) is 4.45. The van der Waals surface area contributed by atoms with Gasteiger partial charge >= 0.3 is 5.97 Å². The smallest absolute Gasteiger partial charge is 0.329 e. The second-order valence-electron chi connectivity index (χ2n) is 5.96. The van der Waals surface area contributed by atoms with Gasteiger partial charge in [-0.3, -0.25) is 4.79 Å². The van der Waals surface area contributed by atoms with Crippen LogP contribution in [0.25, 0.3) is 0 Å². The summed E-state index contributed by atoms with van der Waals surface area (Å²) in [6.07, 6.45) is 8.21. The molecule has 0 bridgehead atoms. The number of carbonyl (C=O) groups is 2. The van der Waals surface area contributed by atoms with Gasteiger partial charge in [-0.05, 0) is 38.5 Å². The van der Waals surface area contributed by atoms with E-state index in [9.17, 15) is 14.7 Å². The topological polar surface area (TPSA) is 66.4 Å². The Morgan fingerprint density at radius 2 is 1.61 bits per heavy atom. The molecule has 1 atom stereocenters. The molecule has 1 unspecified atom stereocenters. The van der Waals surface area contributed by atoms with Crippen LogP contribution < -0.4 is 5.32 Å². The zero-order valence-electron chi connectivity index (χ0n) is 11.1. The third kappa shape index (κ3) is 2.85. The first-order chi connectivity index (χ1) is 8.54. The highest BCUT2D eigenvalue weighted by molar-refractivity contribution is 5.88. The monoisotopic (exact) mass is 253 g/mol. The summed E-state index contributed by atoms with van der Waals surface area (Å²) in [6, 6.07) is 0. The van der Waals surface area contributed by atoms with E-state index in [1.807, 2.05) is 0 Å². The molecule has 2 saturated carbocycles. The van der Waals surface area contributed by atoms with Crippen LogP contribution in [0.1, 0.15) is 58.3 Å². The molecule has 0 aromatic rings. The molecule has 0 radical (unpaired) electrons. The molecule has 2 rings (SSSR count). The fourth-order valence-electron chi connectivity index (χ4n) is 2.89. The number of carboxylic acids is 1. The number of nitrogens with one attached hydrogen (secondary N) is 1. The Labute approximate surface area is 108 Å². The van der Waals surface area contributed by atoms with Crippen LogP contribution in [0.5, 0.6) is 0 Å². The molecule has 0 saturated heterocycles. The van der Waals surface area contributed by atoms with Crippen molar-refractivity contribution in [3.63, 3.8) is 0 Å². The number of aliphatic carboxylic acids is 1. The van der Waals surface area contributed by atoms with Crippen molar-refractivity contribution >= 4 is 11.9 Å². The second-order valence-corrected chi connectivity index (χ2v) is 5.96. The molecule has 0 aromatic carbocycles. The van der Waals surface area contributed by atoms with Gasteiger partial charge in [0.2, 0.25) is 5.91 Å². The van der Waals surface area contributed by atoms with Crippen molar-refractivity contribution in [2.24, 2.45) is 11.8 Å². The Balaban J connectivity index is 1.97. The van der Waals surface area contributed by atoms with Crippen LogP contribution in [-0.2, 0) is 9.59 Å². The minimum atomic E-state index is -1.05. The quantitative estimate of drug-likeness (QED) is 0.756. The average Bonchev–Trinajstić information content (AvgIpc) is 3.15. The van der Waals surface area contributed by atoms with Crippen molar-refractivity contribution in [3.8, 4) is 0 Å². The zero-order chi connectivity index (χ0) is 13.2. The van der Waals surface area contributed by atoms with Crippen LogP contribution in [-0.4, -0.2) is 22.5 Å². The lowest BCUT2D eigenvalue weighted by Crippen LogP contribution is -2.55. The molecule has 102 valence electrons. The van der Waals surface area contributed by atoms with Crippen molar-refractivity contribution in [1.82, 2.24) is 5.32 Å². The molecule has 0 heterocycles. The fraction of sp³-hybridized carbons (Fsp3) is 0.857. The highest BCUT2D eigenvalue weighted by Gasteiger charge is 2.49. The van der Waals surface area contributed by atoms with Crippen LogP contribution in [0.2, 0.25) is 0 Å². The Morgan fingerprint density at radius 3 is 2.06 bits per heavy atom. The largest absolute Gasteiger partial charge is 0.480 e. The van der Waals surface area contributed by atoms with Crippen LogP contribution in [0.3, 0.4) is 0 Å². The van der Waals surface area contributed by atoms with Gasteiger partial charge in [-0.1, -0.05) is 25.7 Å². The number of carbonyl (C=O) groups excluding carboxylic acids is 1. The summed E-state index contributed by atoms with van der Waals surface area (Å²) in [5.41, 5.74) is -1.05. The van der Waals surface area contributed by atoms with Crippen molar-refractivity contribution in [3.05, 3.63) is 0 Å². The Morgan fingerprint density at radius 1 is 1.06 bits per heavy atom. The Kier molecular flexibility index (Phi) is 3.93. The van der Waals surface area contributed by atoms with Gasteiger partial charge in [0.15, 0.2) is 0 Å². The summed E-state index contributed by atoms with van der Waals surface area (Å²) < 4.78 is 0. The van der Waals surface area contributed by atoms with Gasteiger partial charge in [-0.15, -0.1) is 0 Å². The fourth-order valence-corrected chi connectivity index (χ4v) is 2.89. The Bertz CT molecular complexity index is 330. The Hall–Kier alpha value is -1.06. The standard InChI is InChI=1S/C14H23NO3/c1-14(13(17)18,11-8-9-11)15-12(16)10-6-4-2-3-5-7-10/h10-11H,2-9H2,1H3,(H,15,16)(H,17,18). The number of rotatable bonds is 4. The summed E-state index contributed by atoms with van der Waals surface area (Å²) in [4.78, 5) is 23.6. The van der Waals surface area contributed by atoms with Gasteiger partial charge < -0.3 is 10.4 Å². The van der Waals surface area contributed by atoms with Crippen molar-refractivity contribution in [2.45, 2.75) is 63.8 Å². The molecule has 2 aliphatic carbocycles. The molecular weight excluding hydrogens is 230 g/mol. The second kappa shape index (κ2) is 5.29. The normalized spacial score (nSPS) is 24.9. The van der Waals surface area contributed by atoms with Gasteiger partial charge in [0.1, 0.15) is 5.54 Å².